The molecule has 17 heavy (non-hydrogen) atoms. The molecule has 1 heterocycles. The molecule has 0 saturated carbocycles. The van der Waals surface area contributed by atoms with Crippen molar-refractivity contribution in [3.05, 3.63) is 0 Å². The summed E-state index contributed by atoms with van der Waals surface area (Å²) in [6, 6.07) is 0.160. The monoisotopic (exact) mass is 263 g/mol. The summed E-state index contributed by atoms with van der Waals surface area (Å²) in [5.41, 5.74) is -0.447. The van der Waals surface area contributed by atoms with Crippen LogP contribution in [0, 0.1) is 0 Å². The highest BCUT2D eigenvalue weighted by molar-refractivity contribution is 7.91. The minimum atomic E-state index is -2.86. The van der Waals surface area contributed by atoms with Crippen LogP contribution in [-0.4, -0.2) is 54.5 Å². The Hall–Kier alpha value is -0.620. The van der Waals surface area contributed by atoms with Gasteiger partial charge in [0, 0.05) is 11.6 Å². The van der Waals surface area contributed by atoms with Crippen LogP contribution in [0.1, 0.15) is 33.1 Å². The lowest BCUT2D eigenvalue weighted by molar-refractivity contribution is -0.140. The van der Waals surface area contributed by atoms with Gasteiger partial charge in [-0.25, -0.2) is 8.42 Å². The molecule has 0 bridgehead atoms. The van der Waals surface area contributed by atoms with Gasteiger partial charge in [-0.3, -0.25) is 9.69 Å². The molecular weight excluding hydrogens is 242 g/mol. The molecule has 1 N–H and O–H groups in total. The van der Waals surface area contributed by atoms with Crippen LogP contribution in [0.15, 0.2) is 0 Å². The number of carboxylic acid groups (broad SMARTS) is 1. The Labute approximate surface area is 103 Å². The van der Waals surface area contributed by atoms with E-state index in [0.29, 0.717) is 12.8 Å². The minimum Gasteiger partial charge on any atom is -0.481 e. The summed E-state index contributed by atoms with van der Waals surface area (Å²) in [5.74, 6) is -0.402. The first-order valence-electron chi connectivity index (χ1n) is 5.79. The Morgan fingerprint density at radius 1 is 1.35 bits per heavy atom. The molecular formula is C11H21NO4S. The summed E-state index contributed by atoms with van der Waals surface area (Å²) >= 11 is 0. The highest BCUT2D eigenvalue weighted by atomic mass is 32.2. The number of hydrogen-bond donors (Lipinski definition) is 1. The van der Waals surface area contributed by atoms with Gasteiger partial charge in [-0.05, 0) is 33.7 Å². The highest BCUT2D eigenvalue weighted by Crippen LogP contribution is 2.26. The predicted molar refractivity (Wildman–Crippen MR) is 65.8 cm³/mol. The topological polar surface area (TPSA) is 74.7 Å². The Kier molecular flexibility index (Phi) is 4.19. The van der Waals surface area contributed by atoms with Gasteiger partial charge in [-0.15, -0.1) is 0 Å². The summed E-state index contributed by atoms with van der Waals surface area (Å²) in [6.45, 7) is 3.76. The van der Waals surface area contributed by atoms with E-state index in [2.05, 4.69) is 0 Å². The van der Waals surface area contributed by atoms with Crippen LogP contribution in [0.25, 0.3) is 0 Å². The van der Waals surface area contributed by atoms with E-state index >= 15 is 0 Å². The van der Waals surface area contributed by atoms with E-state index < -0.39 is 21.3 Å². The molecule has 6 heteroatoms. The molecule has 0 atom stereocenters. The fourth-order valence-corrected chi connectivity index (χ4v) is 3.72. The molecule has 1 saturated heterocycles. The minimum absolute atomic E-state index is 0.0623. The van der Waals surface area contributed by atoms with Gasteiger partial charge in [-0.2, -0.15) is 0 Å². The SMILES string of the molecule is CN(C1CCS(=O)(=O)CC1)C(C)(C)CC(=O)O. The normalized spacial score (nSPS) is 21.6. The number of carbonyl (C=O) groups is 1. The first-order valence-corrected chi connectivity index (χ1v) is 7.61. The lowest BCUT2D eigenvalue weighted by atomic mass is 9.95. The van der Waals surface area contributed by atoms with Crippen LogP contribution >= 0.6 is 0 Å². The summed E-state index contributed by atoms with van der Waals surface area (Å²) in [5, 5.41) is 8.86. The van der Waals surface area contributed by atoms with Gasteiger partial charge < -0.3 is 5.11 Å². The molecule has 0 spiro atoms. The summed E-state index contributed by atoms with van der Waals surface area (Å²) in [7, 11) is -0.980. The van der Waals surface area contributed by atoms with Crippen molar-refractivity contribution in [1.82, 2.24) is 4.90 Å². The van der Waals surface area contributed by atoms with Crippen molar-refractivity contribution in [2.24, 2.45) is 0 Å². The first-order chi connectivity index (χ1) is 7.64. The van der Waals surface area contributed by atoms with Gasteiger partial charge in [-0.1, -0.05) is 0 Å². The molecule has 0 amide bonds. The molecule has 1 fully saturated rings. The third-order valence-corrected chi connectivity index (χ3v) is 5.33. The van der Waals surface area contributed by atoms with Crippen molar-refractivity contribution in [2.75, 3.05) is 18.6 Å². The van der Waals surface area contributed by atoms with Crippen molar-refractivity contribution < 1.29 is 18.3 Å². The fourth-order valence-electron chi connectivity index (χ4n) is 2.25. The van der Waals surface area contributed by atoms with Gasteiger partial charge in [0.1, 0.15) is 9.84 Å². The summed E-state index contributed by atoms with van der Waals surface area (Å²) in [4.78, 5) is 12.8. The van der Waals surface area contributed by atoms with Crippen LogP contribution in [0.4, 0.5) is 0 Å². The zero-order valence-electron chi connectivity index (χ0n) is 10.6. The largest absolute Gasteiger partial charge is 0.481 e. The van der Waals surface area contributed by atoms with Crippen LogP contribution in [0.5, 0.6) is 0 Å². The molecule has 1 rings (SSSR count). The second-order valence-corrected chi connectivity index (χ2v) is 7.68. The lowest BCUT2D eigenvalue weighted by Crippen LogP contribution is -2.51. The zero-order valence-corrected chi connectivity index (χ0v) is 11.5. The summed E-state index contributed by atoms with van der Waals surface area (Å²) in [6.07, 6.45) is 1.26. The lowest BCUT2D eigenvalue weighted by Gasteiger charge is -2.41. The Bertz CT molecular complexity index is 374. The third-order valence-electron chi connectivity index (χ3n) is 3.61. The molecule has 0 aromatic rings. The fraction of sp³-hybridized carbons (Fsp3) is 0.909. The van der Waals surface area contributed by atoms with Crippen LogP contribution in [0.2, 0.25) is 0 Å². The van der Waals surface area contributed by atoms with E-state index in [1.165, 1.54) is 0 Å². The van der Waals surface area contributed by atoms with Crippen LogP contribution in [-0.2, 0) is 14.6 Å². The van der Waals surface area contributed by atoms with Crippen molar-refractivity contribution in [2.45, 2.75) is 44.7 Å². The molecule has 0 aromatic heterocycles. The second-order valence-electron chi connectivity index (χ2n) is 5.38. The molecule has 0 unspecified atom stereocenters. The quantitative estimate of drug-likeness (QED) is 0.810. The number of carboxylic acids is 1. The molecule has 0 radical (unpaired) electrons. The molecule has 0 aliphatic carbocycles. The van der Waals surface area contributed by atoms with Gasteiger partial charge in [0.05, 0.1) is 17.9 Å². The van der Waals surface area contributed by atoms with Crippen molar-refractivity contribution in [3.63, 3.8) is 0 Å². The van der Waals surface area contributed by atoms with Crippen molar-refractivity contribution in [1.29, 1.82) is 0 Å². The first kappa shape index (κ1) is 14.4. The number of sulfone groups is 1. The average Bonchev–Trinajstić information content (AvgIpc) is 2.14. The Balaban J connectivity index is 2.65. The number of aliphatic carboxylic acids is 1. The number of hydrogen-bond acceptors (Lipinski definition) is 4. The molecule has 1 aliphatic rings. The van der Waals surface area contributed by atoms with E-state index in [0.717, 1.165) is 0 Å². The van der Waals surface area contributed by atoms with Gasteiger partial charge in [0.15, 0.2) is 0 Å². The molecule has 0 aromatic carbocycles. The zero-order chi connectivity index (χ0) is 13.3. The standard InChI is InChI=1S/C11H21NO4S/c1-11(2,8-10(13)14)12(3)9-4-6-17(15,16)7-5-9/h9H,4-8H2,1-3H3,(H,13,14). The predicted octanol–water partition coefficient (Wildman–Crippen LogP) is 0.749. The smallest absolute Gasteiger partial charge is 0.305 e. The Morgan fingerprint density at radius 3 is 2.24 bits per heavy atom. The van der Waals surface area contributed by atoms with Crippen molar-refractivity contribution >= 4 is 15.8 Å². The maximum absolute atomic E-state index is 11.3. The van der Waals surface area contributed by atoms with E-state index in [1.54, 1.807) is 0 Å². The van der Waals surface area contributed by atoms with Crippen LogP contribution in [0.3, 0.4) is 0 Å². The maximum Gasteiger partial charge on any atom is 0.305 e. The van der Waals surface area contributed by atoms with Crippen molar-refractivity contribution in [3.8, 4) is 0 Å². The number of nitrogens with zero attached hydrogens (tertiary/aromatic N) is 1. The summed E-state index contributed by atoms with van der Waals surface area (Å²) < 4.78 is 22.7. The molecule has 5 nitrogen and oxygen atoms in total. The average molecular weight is 263 g/mol. The Morgan fingerprint density at radius 2 is 1.82 bits per heavy atom. The van der Waals surface area contributed by atoms with Crippen LogP contribution < -0.4 is 0 Å². The van der Waals surface area contributed by atoms with Gasteiger partial charge >= 0.3 is 5.97 Å². The third kappa shape index (κ3) is 3.96. The van der Waals surface area contributed by atoms with E-state index in [9.17, 15) is 13.2 Å². The second kappa shape index (κ2) is 4.94. The number of rotatable bonds is 4. The van der Waals surface area contributed by atoms with Gasteiger partial charge in [0.2, 0.25) is 0 Å². The molecule has 1 aliphatic heterocycles. The van der Waals surface area contributed by atoms with Gasteiger partial charge in [0.25, 0.3) is 0 Å². The maximum atomic E-state index is 11.3. The van der Waals surface area contributed by atoms with E-state index in [-0.39, 0.29) is 24.0 Å². The van der Waals surface area contributed by atoms with E-state index in [1.807, 2.05) is 25.8 Å². The highest BCUT2D eigenvalue weighted by Gasteiger charge is 2.34. The molecule has 100 valence electrons. The van der Waals surface area contributed by atoms with E-state index in [4.69, 9.17) is 5.11 Å².